The molecule has 2 aliphatic rings. The van der Waals surface area contributed by atoms with Crippen LogP contribution < -0.4 is 5.32 Å². The van der Waals surface area contributed by atoms with Gasteiger partial charge in [-0.2, -0.15) is 0 Å². The summed E-state index contributed by atoms with van der Waals surface area (Å²) in [6, 6.07) is 0.0373. The van der Waals surface area contributed by atoms with Gasteiger partial charge in [-0.05, 0) is 38.5 Å². The lowest BCUT2D eigenvalue weighted by Crippen LogP contribution is -2.38. The number of carboxylic acids is 1. The Bertz CT molecular complexity index is 513. The maximum absolute atomic E-state index is 12.2. The number of carboxylic acid groups (broad SMARTS) is 1. The van der Waals surface area contributed by atoms with E-state index < -0.39 is 5.97 Å². The van der Waals surface area contributed by atoms with E-state index in [9.17, 15) is 9.59 Å². The summed E-state index contributed by atoms with van der Waals surface area (Å²) in [6.45, 7) is 0. The first-order valence-corrected chi connectivity index (χ1v) is 7.12. The number of carbonyl (C=O) groups excluding carboxylic acids is 1. The van der Waals surface area contributed by atoms with Gasteiger partial charge in [0.1, 0.15) is 0 Å². The van der Waals surface area contributed by atoms with Crippen LogP contribution >= 0.6 is 0 Å². The smallest absolute Gasteiger partial charge is 0.306 e. The molecule has 0 saturated heterocycles. The summed E-state index contributed by atoms with van der Waals surface area (Å²) < 4.78 is 5.21. The second-order valence-corrected chi connectivity index (χ2v) is 5.70. The summed E-state index contributed by atoms with van der Waals surface area (Å²) in [4.78, 5) is 27.2. The molecular weight excluding hydrogens is 260 g/mol. The Balaban J connectivity index is 1.57. The van der Waals surface area contributed by atoms with E-state index in [1.807, 2.05) is 0 Å². The molecule has 0 atom stereocenters. The summed E-state index contributed by atoms with van der Waals surface area (Å²) in [5.41, 5.74) is 0.765. The topological polar surface area (TPSA) is 92.4 Å². The molecule has 1 amide bonds. The third kappa shape index (κ3) is 2.69. The lowest BCUT2D eigenvalue weighted by Gasteiger charge is -2.26. The van der Waals surface area contributed by atoms with Crippen molar-refractivity contribution in [2.45, 2.75) is 50.5 Å². The summed E-state index contributed by atoms with van der Waals surface area (Å²) in [5.74, 6) is -0.523. The van der Waals surface area contributed by atoms with Crippen LogP contribution in [0, 0.1) is 5.92 Å². The molecule has 1 aromatic heterocycles. The van der Waals surface area contributed by atoms with Crippen molar-refractivity contribution in [2.24, 2.45) is 5.92 Å². The van der Waals surface area contributed by atoms with Crippen molar-refractivity contribution in [3.8, 4) is 0 Å². The van der Waals surface area contributed by atoms with Gasteiger partial charge in [0, 0.05) is 12.0 Å². The lowest BCUT2D eigenvalue weighted by molar-refractivity contribution is -0.142. The van der Waals surface area contributed by atoms with Gasteiger partial charge in [-0.25, -0.2) is 4.98 Å². The molecule has 6 nitrogen and oxygen atoms in total. The molecule has 1 aromatic rings. The number of aromatic nitrogens is 1. The standard InChI is InChI=1S/C14H18N2O4/c17-13(12-11(8-1-2-8)15-7-20-12)16-10-5-3-9(4-6-10)14(18)19/h7-10H,1-6H2,(H,16,17)(H,18,19). The van der Waals surface area contributed by atoms with E-state index in [0.29, 0.717) is 37.4 Å². The molecule has 0 aliphatic heterocycles. The quantitative estimate of drug-likeness (QED) is 0.877. The first-order valence-electron chi connectivity index (χ1n) is 7.12. The molecule has 20 heavy (non-hydrogen) atoms. The van der Waals surface area contributed by atoms with Crippen molar-refractivity contribution >= 4 is 11.9 Å². The minimum Gasteiger partial charge on any atom is -0.481 e. The predicted octanol–water partition coefficient (Wildman–Crippen LogP) is 1.93. The SMILES string of the molecule is O=C(NC1CCC(C(=O)O)CC1)c1ocnc1C1CC1. The summed E-state index contributed by atoms with van der Waals surface area (Å²) in [6.07, 6.45) is 6.10. The van der Waals surface area contributed by atoms with Gasteiger partial charge >= 0.3 is 5.97 Å². The minimum atomic E-state index is -0.735. The van der Waals surface area contributed by atoms with Gasteiger partial charge in [0.05, 0.1) is 11.6 Å². The van der Waals surface area contributed by atoms with Crippen molar-refractivity contribution in [2.75, 3.05) is 0 Å². The highest BCUT2D eigenvalue weighted by atomic mass is 16.4. The highest BCUT2D eigenvalue weighted by Crippen LogP contribution is 2.40. The maximum atomic E-state index is 12.2. The Kier molecular flexibility index (Phi) is 3.46. The van der Waals surface area contributed by atoms with Crippen molar-refractivity contribution in [3.63, 3.8) is 0 Å². The van der Waals surface area contributed by atoms with Crippen LogP contribution in [0.15, 0.2) is 10.8 Å². The number of nitrogens with zero attached hydrogens (tertiary/aromatic N) is 1. The number of rotatable bonds is 4. The molecule has 0 radical (unpaired) electrons. The molecule has 6 heteroatoms. The van der Waals surface area contributed by atoms with E-state index in [1.165, 1.54) is 6.39 Å². The Labute approximate surface area is 116 Å². The maximum Gasteiger partial charge on any atom is 0.306 e. The monoisotopic (exact) mass is 278 g/mol. The minimum absolute atomic E-state index is 0.0373. The number of carbonyl (C=O) groups is 2. The van der Waals surface area contributed by atoms with Crippen molar-refractivity contribution in [3.05, 3.63) is 17.8 Å². The largest absolute Gasteiger partial charge is 0.481 e. The van der Waals surface area contributed by atoms with Gasteiger partial charge in [-0.3, -0.25) is 9.59 Å². The molecule has 108 valence electrons. The Hall–Kier alpha value is -1.85. The molecule has 0 aromatic carbocycles. The third-order valence-corrected chi connectivity index (χ3v) is 4.18. The molecule has 2 saturated carbocycles. The van der Waals surface area contributed by atoms with Crippen LogP contribution in [0.5, 0.6) is 0 Å². The average Bonchev–Trinajstić information content (AvgIpc) is 3.16. The van der Waals surface area contributed by atoms with E-state index in [2.05, 4.69) is 10.3 Å². The molecule has 2 aliphatic carbocycles. The second-order valence-electron chi connectivity index (χ2n) is 5.70. The number of hydrogen-bond donors (Lipinski definition) is 2. The molecular formula is C14H18N2O4. The van der Waals surface area contributed by atoms with Crippen molar-refractivity contribution < 1.29 is 19.1 Å². The zero-order valence-electron chi connectivity index (χ0n) is 11.2. The van der Waals surface area contributed by atoms with Gasteiger partial charge in [0.2, 0.25) is 5.76 Å². The number of nitrogens with one attached hydrogen (secondary N) is 1. The van der Waals surface area contributed by atoms with Crippen LogP contribution in [0.3, 0.4) is 0 Å². The fourth-order valence-electron chi connectivity index (χ4n) is 2.81. The first-order chi connectivity index (χ1) is 9.65. The fraction of sp³-hybridized carbons (Fsp3) is 0.643. The van der Waals surface area contributed by atoms with Gasteiger partial charge in [-0.1, -0.05) is 0 Å². The molecule has 0 spiro atoms. The zero-order valence-corrected chi connectivity index (χ0v) is 11.2. The molecule has 2 N–H and O–H groups in total. The van der Waals surface area contributed by atoms with E-state index >= 15 is 0 Å². The second kappa shape index (κ2) is 5.26. The third-order valence-electron chi connectivity index (χ3n) is 4.18. The van der Waals surface area contributed by atoms with Gasteiger partial charge in [0.15, 0.2) is 6.39 Å². The lowest BCUT2D eigenvalue weighted by atomic mass is 9.86. The van der Waals surface area contributed by atoms with E-state index in [4.69, 9.17) is 9.52 Å². The van der Waals surface area contributed by atoms with Crippen LogP contribution in [0.2, 0.25) is 0 Å². The van der Waals surface area contributed by atoms with Crippen LogP contribution in [-0.2, 0) is 4.79 Å². The Morgan fingerprint density at radius 1 is 1.20 bits per heavy atom. The summed E-state index contributed by atoms with van der Waals surface area (Å²) >= 11 is 0. The number of aliphatic carboxylic acids is 1. The summed E-state index contributed by atoms with van der Waals surface area (Å²) in [7, 11) is 0. The summed E-state index contributed by atoms with van der Waals surface area (Å²) in [5, 5.41) is 11.9. The van der Waals surface area contributed by atoms with Crippen LogP contribution in [0.25, 0.3) is 0 Å². The molecule has 1 heterocycles. The molecule has 0 bridgehead atoms. The van der Waals surface area contributed by atoms with Gasteiger partial charge in [0.25, 0.3) is 5.91 Å². The van der Waals surface area contributed by atoms with Crippen LogP contribution in [-0.4, -0.2) is 28.0 Å². The van der Waals surface area contributed by atoms with Crippen LogP contribution in [0.4, 0.5) is 0 Å². The highest BCUT2D eigenvalue weighted by Gasteiger charge is 2.33. The van der Waals surface area contributed by atoms with Crippen LogP contribution in [0.1, 0.15) is 60.7 Å². The molecule has 0 unspecified atom stereocenters. The van der Waals surface area contributed by atoms with Crippen molar-refractivity contribution in [1.29, 1.82) is 0 Å². The number of oxazole rings is 1. The first kappa shape index (κ1) is 13.1. The predicted molar refractivity (Wildman–Crippen MR) is 69.3 cm³/mol. The van der Waals surface area contributed by atoms with E-state index in [0.717, 1.165) is 18.5 Å². The van der Waals surface area contributed by atoms with Gasteiger partial charge < -0.3 is 14.8 Å². The van der Waals surface area contributed by atoms with Crippen molar-refractivity contribution in [1.82, 2.24) is 10.3 Å². The number of amides is 1. The Morgan fingerprint density at radius 3 is 2.50 bits per heavy atom. The highest BCUT2D eigenvalue weighted by molar-refractivity contribution is 5.92. The molecule has 2 fully saturated rings. The normalized spacial score (nSPS) is 26.2. The Morgan fingerprint density at radius 2 is 1.90 bits per heavy atom. The molecule has 3 rings (SSSR count). The van der Waals surface area contributed by atoms with E-state index in [-0.39, 0.29) is 17.9 Å². The number of hydrogen-bond acceptors (Lipinski definition) is 4. The zero-order chi connectivity index (χ0) is 14.1. The van der Waals surface area contributed by atoms with Gasteiger partial charge in [-0.15, -0.1) is 0 Å². The fourth-order valence-corrected chi connectivity index (χ4v) is 2.81. The van der Waals surface area contributed by atoms with E-state index in [1.54, 1.807) is 0 Å². The average molecular weight is 278 g/mol.